The molecule has 1 N–H and O–H groups in total. The van der Waals surface area contributed by atoms with Crippen molar-refractivity contribution in [2.75, 3.05) is 0 Å². The average Bonchev–Trinajstić information content (AvgIpc) is 2.17. The molecule has 0 fully saturated rings. The fraction of sp³-hybridized carbons (Fsp3) is 0.455. The summed E-state index contributed by atoms with van der Waals surface area (Å²) < 4.78 is 0. The molecule has 0 amide bonds. The zero-order valence-electron chi connectivity index (χ0n) is 8.58. The van der Waals surface area contributed by atoms with E-state index >= 15 is 0 Å². The number of aromatic nitrogens is 1. The summed E-state index contributed by atoms with van der Waals surface area (Å²) in [6.45, 7) is 4.00. The van der Waals surface area contributed by atoms with E-state index in [2.05, 4.69) is 11.9 Å². The molecule has 0 aliphatic heterocycles. The van der Waals surface area contributed by atoms with Crippen LogP contribution in [0, 0.1) is 0 Å². The van der Waals surface area contributed by atoms with Gasteiger partial charge in [-0.25, -0.2) is 4.79 Å². The van der Waals surface area contributed by atoms with E-state index in [0.717, 1.165) is 18.5 Å². The highest BCUT2D eigenvalue weighted by Crippen LogP contribution is 2.10. The average molecular weight is 193 g/mol. The minimum atomic E-state index is -0.891. The summed E-state index contributed by atoms with van der Waals surface area (Å²) in [6.07, 6.45) is 2.61. The van der Waals surface area contributed by atoms with Crippen LogP contribution in [0.2, 0.25) is 0 Å². The van der Waals surface area contributed by atoms with E-state index in [1.807, 2.05) is 6.92 Å². The number of aryl methyl sites for hydroxylation is 2. The Morgan fingerprint density at radius 3 is 2.64 bits per heavy atom. The van der Waals surface area contributed by atoms with Crippen molar-refractivity contribution in [1.82, 2.24) is 4.98 Å². The van der Waals surface area contributed by atoms with E-state index in [-0.39, 0.29) is 0 Å². The van der Waals surface area contributed by atoms with Crippen LogP contribution in [-0.2, 0) is 12.8 Å². The number of hydrogen-bond acceptors (Lipinski definition) is 2. The smallest absolute Gasteiger partial charge is 0.337 e. The first-order chi connectivity index (χ1) is 6.69. The van der Waals surface area contributed by atoms with Crippen molar-refractivity contribution >= 4 is 5.97 Å². The third kappa shape index (κ3) is 2.31. The number of nitrogens with zero attached hydrogens (tertiary/aromatic N) is 1. The summed E-state index contributed by atoms with van der Waals surface area (Å²) in [5.74, 6) is -0.891. The van der Waals surface area contributed by atoms with E-state index in [9.17, 15) is 4.79 Å². The summed E-state index contributed by atoms with van der Waals surface area (Å²) in [5.41, 5.74) is 1.99. The molecular weight excluding hydrogens is 178 g/mol. The molecule has 0 radical (unpaired) electrons. The second kappa shape index (κ2) is 4.74. The van der Waals surface area contributed by atoms with E-state index in [1.54, 1.807) is 12.1 Å². The molecule has 0 spiro atoms. The lowest BCUT2D eigenvalue weighted by Crippen LogP contribution is -2.05. The monoisotopic (exact) mass is 193 g/mol. The predicted octanol–water partition coefficient (Wildman–Crippen LogP) is 2.29. The third-order valence-corrected chi connectivity index (χ3v) is 2.10. The number of carbonyl (C=O) groups is 1. The van der Waals surface area contributed by atoms with Crippen LogP contribution in [0.1, 0.15) is 42.0 Å². The molecule has 0 aliphatic carbocycles. The SMILES string of the molecule is CCCc1ccc(C(=O)O)c(CC)n1. The highest BCUT2D eigenvalue weighted by molar-refractivity contribution is 5.88. The Hall–Kier alpha value is -1.38. The minimum Gasteiger partial charge on any atom is -0.478 e. The van der Waals surface area contributed by atoms with Gasteiger partial charge >= 0.3 is 5.97 Å². The Labute approximate surface area is 83.8 Å². The van der Waals surface area contributed by atoms with Gasteiger partial charge in [0.25, 0.3) is 0 Å². The Kier molecular flexibility index (Phi) is 3.63. The molecule has 0 saturated heterocycles. The number of hydrogen-bond donors (Lipinski definition) is 1. The molecule has 14 heavy (non-hydrogen) atoms. The van der Waals surface area contributed by atoms with Crippen molar-refractivity contribution in [2.24, 2.45) is 0 Å². The van der Waals surface area contributed by atoms with Gasteiger partial charge in [0.2, 0.25) is 0 Å². The summed E-state index contributed by atoms with van der Waals surface area (Å²) in [5, 5.41) is 8.88. The van der Waals surface area contributed by atoms with Crippen LogP contribution in [0.3, 0.4) is 0 Å². The van der Waals surface area contributed by atoms with Gasteiger partial charge in [-0.2, -0.15) is 0 Å². The number of carboxylic acid groups (broad SMARTS) is 1. The van der Waals surface area contributed by atoms with Gasteiger partial charge in [0.15, 0.2) is 0 Å². The second-order valence-electron chi connectivity index (χ2n) is 3.21. The van der Waals surface area contributed by atoms with Gasteiger partial charge < -0.3 is 5.11 Å². The highest BCUT2D eigenvalue weighted by atomic mass is 16.4. The van der Waals surface area contributed by atoms with Crippen molar-refractivity contribution < 1.29 is 9.90 Å². The Morgan fingerprint density at radius 1 is 1.43 bits per heavy atom. The predicted molar refractivity (Wildman–Crippen MR) is 54.6 cm³/mol. The number of carboxylic acids is 1. The van der Waals surface area contributed by atoms with Crippen molar-refractivity contribution in [3.05, 3.63) is 29.1 Å². The standard InChI is InChI=1S/C11H15NO2/c1-3-5-8-6-7-9(11(13)14)10(4-2)12-8/h6-7H,3-5H2,1-2H3,(H,13,14). The number of aromatic carboxylic acids is 1. The van der Waals surface area contributed by atoms with Crippen molar-refractivity contribution in [2.45, 2.75) is 33.1 Å². The molecule has 1 rings (SSSR count). The van der Waals surface area contributed by atoms with Gasteiger partial charge in [-0.05, 0) is 25.0 Å². The van der Waals surface area contributed by atoms with Crippen LogP contribution in [0.25, 0.3) is 0 Å². The lowest BCUT2D eigenvalue weighted by Gasteiger charge is -2.05. The lowest BCUT2D eigenvalue weighted by molar-refractivity contribution is 0.0695. The second-order valence-corrected chi connectivity index (χ2v) is 3.21. The summed E-state index contributed by atoms with van der Waals surface area (Å²) in [6, 6.07) is 3.45. The van der Waals surface area contributed by atoms with Crippen LogP contribution in [0.15, 0.2) is 12.1 Å². The molecule has 0 aromatic carbocycles. The van der Waals surface area contributed by atoms with Crippen molar-refractivity contribution in [3.63, 3.8) is 0 Å². The molecule has 0 unspecified atom stereocenters. The van der Waals surface area contributed by atoms with Crippen LogP contribution >= 0.6 is 0 Å². The van der Waals surface area contributed by atoms with Crippen molar-refractivity contribution in [1.29, 1.82) is 0 Å². The van der Waals surface area contributed by atoms with Crippen LogP contribution in [-0.4, -0.2) is 16.1 Å². The fourth-order valence-corrected chi connectivity index (χ4v) is 1.41. The zero-order valence-corrected chi connectivity index (χ0v) is 8.58. The molecular formula is C11H15NO2. The minimum absolute atomic E-state index is 0.326. The maximum Gasteiger partial charge on any atom is 0.337 e. The quantitative estimate of drug-likeness (QED) is 0.798. The summed E-state index contributed by atoms with van der Waals surface area (Å²) in [4.78, 5) is 15.1. The number of rotatable bonds is 4. The van der Waals surface area contributed by atoms with Gasteiger partial charge in [0, 0.05) is 5.69 Å². The largest absolute Gasteiger partial charge is 0.478 e. The number of pyridine rings is 1. The Balaban J connectivity index is 3.05. The molecule has 0 bridgehead atoms. The molecule has 0 aliphatic rings. The third-order valence-electron chi connectivity index (χ3n) is 2.10. The first-order valence-corrected chi connectivity index (χ1v) is 4.91. The highest BCUT2D eigenvalue weighted by Gasteiger charge is 2.10. The van der Waals surface area contributed by atoms with Crippen LogP contribution < -0.4 is 0 Å². The Morgan fingerprint density at radius 2 is 2.14 bits per heavy atom. The molecule has 76 valence electrons. The molecule has 0 saturated carbocycles. The molecule has 1 aromatic heterocycles. The van der Waals surface area contributed by atoms with Gasteiger partial charge in [-0.1, -0.05) is 20.3 Å². The molecule has 3 nitrogen and oxygen atoms in total. The van der Waals surface area contributed by atoms with E-state index < -0.39 is 5.97 Å². The topological polar surface area (TPSA) is 50.2 Å². The molecule has 1 heterocycles. The first kappa shape index (κ1) is 10.7. The van der Waals surface area contributed by atoms with Gasteiger partial charge in [0.05, 0.1) is 11.3 Å². The first-order valence-electron chi connectivity index (χ1n) is 4.91. The van der Waals surface area contributed by atoms with E-state index in [1.165, 1.54) is 0 Å². The van der Waals surface area contributed by atoms with Crippen LogP contribution in [0.5, 0.6) is 0 Å². The zero-order chi connectivity index (χ0) is 10.6. The maximum atomic E-state index is 10.8. The van der Waals surface area contributed by atoms with E-state index in [4.69, 9.17) is 5.11 Å². The lowest BCUT2D eigenvalue weighted by atomic mass is 10.1. The van der Waals surface area contributed by atoms with E-state index in [0.29, 0.717) is 17.7 Å². The molecule has 1 aromatic rings. The maximum absolute atomic E-state index is 10.8. The van der Waals surface area contributed by atoms with Gasteiger partial charge in [-0.15, -0.1) is 0 Å². The van der Waals surface area contributed by atoms with Crippen LogP contribution in [0.4, 0.5) is 0 Å². The molecule has 3 heteroatoms. The fourth-order valence-electron chi connectivity index (χ4n) is 1.41. The summed E-state index contributed by atoms with van der Waals surface area (Å²) in [7, 11) is 0. The normalized spacial score (nSPS) is 10.1. The molecule has 0 atom stereocenters. The Bertz CT molecular complexity index is 334. The summed E-state index contributed by atoms with van der Waals surface area (Å²) >= 11 is 0. The van der Waals surface area contributed by atoms with Gasteiger partial charge in [-0.3, -0.25) is 4.98 Å². The van der Waals surface area contributed by atoms with Crippen molar-refractivity contribution in [3.8, 4) is 0 Å². The van der Waals surface area contributed by atoms with Gasteiger partial charge in [0.1, 0.15) is 0 Å².